The summed E-state index contributed by atoms with van der Waals surface area (Å²) in [7, 11) is 0. The van der Waals surface area contributed by atoms with E-state index >= 15 is 0 Å². The molecule has 0 aliphatic heterocycles. The summed E-state index contributed by atoms with van der Waals surface area (Å²) in [6.07, 6.45) is 0.816. The summed E-state index contributed by atoms with van der Waals surface area (Å²) in [5, 5.41) is 0. The monoisotopic (exact) mass is 233 g/mol. The number of aromatic amines is 1. The van der Waals surface area contributed by atoms with Gasteiger partial charge in [-0.2, -0.15) is 0 Å². The first-order valence-corrected chi connectivity index (χ1v) is 5.81. The Morgan fingerprint density at radius 2 is 2.12 bits per heavy atom. The van der Waals surface area contributed by atoms with Crippen molar-refractivity contribution in [3.8, 4) is 0 Å². The fourth-order valence-electron chi connectivity index (χ4n) is 1.74. The number of benzene rings is 1. The van der Waals surface area contributed by atoms with E-state index in [0.717, 1.165) is 23.3 Å². The zero-order valence-electron chi connectivity index (χ0n) is 10.6. The molecule has 0 aliphatic carbocycles. The van der Waals surface area contributed by atoms with Crippen LogP contribution in [-0.2, 0) is 16.7 Å². The highest BCUT2D eigenvalue weighted by Gasteiger charge is 2.18. The maximum absolute atomic E-state index is 5.03. The van der Waals surface area contributed by atoms with Crippen molar-refractivity contribution >= 4 is 11.0 Å². The molecule has 0 amide bonds. The molecule has 1 aromatic carbocycles. The lowest BCUT2D eigenvalue weighted by Gasteiger charge is -2.13. The summed E-state index contributed by atoms with van der Waals surface area (Å²) in [6.45, 7) is 6.97. The van der Waals surface area contributed by atoms with Crippen molar-refractivity contribution < 1.29 is 4.84 Å². The molecule has 0 unspecified atom stereocenters. The molecule has 17 heavy (non-hydrogen) atoms. The number of hydrogen-bond donors (Lipinski definition) is 2. The van der Waals surface area contributed by atoms with Crippen molar-refractivity contribution in [3.63, 3.8) is 0 Å². The molecule has 3 N–H and O–H groups in total. The van der Waals surface area contributed by atoms with Gasteiger partial charge in [-0.15, -0.1) is 0 Å². The van der Waals surface area contributed by atoms with E-state index in [1.807, 2.05) is 6.07 Å². The summed E-state index contributed by atoms with van der Waals surface area (Å²) in [4.78, 5) is 12.6. The molecule has 1 aromatic heterocycles. The second-order valence-electron chi connectivity index (χ2n) is 5.31. The first-order chi connectivity index (χ1) is 8.00. The molecule has 4 heteroatoms. The first-order valence-electron chi connectivity index (χ1n) is 5.81. The number of nitrogens with one attached hydrogen (secondary N) is 1. The maximum atomic E-state index is 5.03. The van der Waals surface area contributed by atoms with Gasteiger partial charge in [0.15, 0.2) is 0 Å². The van der Waals surface area contributed by atoms with Crippen molar-refractivity contribution in [2.75, 3.05) is 6.61 Å². The van der Waals surface area contributed by atoms with Crippen LogP contribution in [0.25, 0.3) is 11.0 Å². The van der Waals surface area contributed by atoms with Crippen LogP contribution in [0.2, 0.25) is 0 Å². The van der Waals surface area contributed by atoms with E-state index < -0.39 is 0 Å². The normalized spacial score (nSPS) is 12.2. The Balaban J connectivity index is 2.34. The third kappa shape index (κ3) is 2.65. The minimum atomic E-state index is 0.0412. The average Bonchev–Trinajstić information content (AvgIpc) is 2.68. The summed E-state index contributed by atoms with van der Waals surface area (Å²) in [5.41, 5.74) is 3.32. The number of H-pyrrole nitrogens is 1. The van der Waals surface area contributed by atoms with E-state index in [2.05, 4.69) is 47.7 Å². The van der Waals surface area contributed by atoms with Crippen LogP contribution in [0.3, 0.4) is 0 Å². The van der Waals surface area contributed by atoms with Gasteiger partial charge in [0.2, 0.25) is 0 Å². The van der Waals surface area contributed by atoms with E-state index in [4.69, 9.17) is 5.90 Å². The van der Waals surface area contributed by atoms with Gasteiger partial charge in [0.25, 0.3) is 0 Å². The highest BCUT2D eigenvalue weighted by Crippen LogP contribution is 2.23. The number of imidazole rings is 1. The molecule has 0 saturated carbocycles. The van der Waals surface area contributed by atoms with E-state index in [9.17, 15) is 0 Å². The quantitative estimate of drug-likeness (QED) is 0.799. The third-order valence-corrected chi connectivity index (χ3v) is 2.77. The fraction of sp³-hybridized carbons (Fsp3) is 0.462. The first kappa shape index (κ1) is 12.1. The van der Waals surface area contributed by atoms with Crippen LogP contribution in [0, 0.1) is 0 Å². The molecule has 0 atom stereocenters. The summed E-state index contributed by atoms with van der Waals surface area (Å²) < 4.78 is 0. The molecule has 2 aromatic rings. The van der Waals surface area contributed by atoms with Crippen molar-refractivity contribution in [2.24, 2.45) is 5.90 Å². The van der Waals surface area contributed by atoms with E-state index in [1.54, 1.807) is 0 Å². The largest absolute Gasteiger partial charge is 0.342 e. The summed E-state index contributed by atoms with van der Waals surface area (Å²) in [6, 6.07) is 6.21. The smallest absolute Gasteiger partial charge is 0.112 e. The van der Waals surface area contributed by atoms with Crippen molar-refractivity contribution in [2.45, 2.75) is 32.6 Å². The predicted octanol–water partition coefficient (Wildman–Crippen LogP) is 2.29. The van der Waals surface area contributed by atoms with E-state index in [1.165, 1.54) is 5.56 Å². The minimum Gasteiger partial charge on any atom is -0.342 e. The van der Waals surface area contributed by atoms with Crippen LogP contribution < -0.4 is 5.90 Å². The molecule has 1 heterocycles. The average molecular weight is 233 g/mol. The Labute approximate surface area is 101 Å². The van der Waals surface area contributed by atoms with Gasteiger partial charge in [-0.25, -0.2) is 10.9 Å². The topological polar surface area (TPSA) is 63.9 Å². The molecule has 0 saturated heterocycles. The number of fused-ring (bicyclic) bond motifs is 1. The maximum Gasteiger partial charge on any atom is 0.112 e. The highest BCUT2D eigenvalue weighted by molar-refractivity contribution is 5.76. The van der Waals surface area contributed by atoms with Crippen LogP contribution >= 0.6 is 0 Å². The van der Waals surface area contributed by atoms with Crippen molar-refractivity contribution in [3.05, 3.63) is 29.6 Å². The summed E-state index contributed by atoms with van der Waals surface area (Å²) in [5.74, 6) is 6.04. The highest BCUT2D eigenvalue weighted by atomic mass is 16.6. The Morgan fingerprint density at radius 3 is 2.76 bits per heavy atom. The number of nitrogens with two attached hydrogens (primary N) is 1. The van der Waals surface area contributed by atoms with E-state index in [0.29, 0.717) is 6.61 Å². The molecule has 0 radical (unpaired) electrons. The van der Waals surface area contributed by atoms with Crippen LogP contribution in [0.15, 0.2) is 18.2 Å². The van der Waals surface area contributed by atoms with Gasteiger partial charge in [0, 0.05) is 5.41 Å². The molecule has 4 nitrogen and oxygen atoms in total. The lowest BCUT2D eigenvalue weighted by atomic mass is 9.96. The molecular weight excluding hydrogens is 214 g/mol. The fourth-order valence-corrected chi connectivity index (χ4v) is 1.74. The van der Waals surface area contributed by atoms with Crippen molar-refractivity contribution in [1.82, 2.24) is 9.97 Å². The molecule has 2 rings (SSSR count). The van der Waals surface area contributed by atoms with Crippen LogP contribution in [-0.4, -0.2) is 16.6 Å². The van der Waals surface area contributed by atoms with Gasteiger partial charge >= 0.3 is 0 Å². The molecule has 0 fully saturated rings. The lowest BCUT2D eigenvalue weighted by molar-refractivity contribution is 0.141. The molecular formula is C13H19N3O. The molecule has 0 bridgehead atoms. The number of nitrogens with zero attached hydrogens (tertiary/aromatic N) is 1. The molecule has 92 valence electrons. The van der Waals surface area contributed by atoms with Gasteiger partial charge in [0.05, 0.1) is 17.6 Å². The summed E-state index contributed by atoms with van der Waals surface area (Å²) >= 11 is 0. The van der Waals surface area contributed by atoms with Crippen LogP contribution in [0.4, 0.5) is 0 Å². The number of aromatic nitrogens is 2. The SMILES string of the molecule is CC(C)(C)c1nc2ccc(CCON)cc2[nH]1. The Kier molecular flexibility index (Phi) is 3.17. The standard InChI is InChI=1S/C13H19N3O/c1-13(2,3)12-15-10-5-4-9(6-7-17-14)8-11(10)16-12/h4-5,8H,6-7,14H2,1-3H3,(H,15,16). The Bertz CT molecular complexity index is 511. The third-order valence-electron chi connectivity index (χ3n) is 2.77. The second kappa shape index (κ2) is 4.47. The van der Waals surface area contributed by atoms with Crippen LogP contribution in [0.5, 0.6) is 0 Å². The Hall–Kier alpha value is -1.39. The van der Waals surface area contributed by atoms with Gasteiger partial charge in [0.1, 0.15) is 5.82 Å². The Morgan fingerprint density at radius 1 is 1.35 bits per heavy atom. The van der Waals surface area contributed by atoms with Gasteiger partial charge in [-0.3, -0.25) is 0 Å². The molecule has 0 spiro atoms. The minimum absolute atomic E-state index is 0.0412. The van der Waals surface area contributed by atoms with E-state index in [-0.39, 0.29) is 5.41 Å². The van der Waals surface area contributed by atoms with Crippen LogP contribution in [0.1, 0.15) is 32.2 Å². The van der Waals surface area contributed by atoms with Crippen molar-refractivity contribution in [1.29, 1.82) is 0 Å². The zero-order valence-corrected chi connectivity index (χ0v) is 10.6. The van der Waals surface area contributed by atoms with Gasteiger partial charge in [-0.1, -0.05) is 26.8 Å². The lowest BCUT2D eigenvalue weighted by Crippen LogP contribution is -2.12. The second-order valence-corrected chi connectivity index (χ2v) is 5.31. The zero-order chi connectivity index (χ0) is 12.5. The van der Waals surface area contributed by atoms with Gasteiger partial charge in [-0.05, 0) is 24.1 Å². The number of rotatable bonds is 3. The van der Waals surface area contributed by atoms with Gasteiger partial charge < -0.3 is 9.82 Å². The number of hydrogen-bond acceptors (Lipinski definition) is 3. The predicted molar refractivity (Wildman–Crippen MR) is 68.6 cm³/mol. The molecule has 0 aliphatic rings.